The molecule has 0 spiro atoms. The summed E-state index contributed by atoms with van der Waals surface area (Å²) in [4.78, 5) is 11.7. The van der Waals surface area contributed by atoms with E-state index in [9.17, 15) is 4.79 Å². The second-order valence-electron chi connectivity index (χ2n) is 4.09. The Labute approximate surface area is 91.7 Å². The van der Waals surface area contributed by atoms with E-state index in [1.54, 1.807) is 0 Å². The van der Waals surface area contributed by atoms with Gasteiger partial charge >= 0.3 is 0 Å². The molecule has 1 rings (SSSR count). The van der Waals surface area contributed by atoms with E-state index in [1.165, 1.54) is 5.56 Å². The van der Waals surface area contributed by atoms with Crippen LogP contribution in [0.2, 0.25) is 0 Å². The molecule has 0 radical (unpaired) electrons. The van der Waals surface area contributed by atoms with Gasteiger partial charge in [0, 0.05) is 12.1 Å². The third kappa shape index (κ3) is 3.74. The molecule has 0 saturated heterocycles. The Balaban J connectivity index is 2.50. The van der Waals surface area contributed by atoms with Crippen molar-refractivity contribution in [2.45, 2.75) is 27.2 Å². The fraction of sp³-hybridized carbons (Fsp3) is 0.462. The van der Waals surface area contributed by atoms with Gasteiger partial charge in [-0.3, -0.25) is 4.79 Å². The van der Waals surface area contributed by atoms with Crippen molar-refractivity contribution in [1.29, 1.82) is 0 Å². The van der Waals surface area contributed by atoms with Crippen LogP contribution in [0.25, 0.3) is 0 Å². The lowest BCUT2D eigenvalue weighted by atomic mass is 10.1. The molecular formula is C13H19NO. The Morgan fingerprint density at radius 2 is 1.93 bits per heavy atom. The van der Waals surface area contributed by atoms with Crippen LogP contribution < -0.4 is 5.32 Å². The Hall–Kier alpha value is -1.31. The van der Waals surface area contributed by atoms with Gasteiger partial charge in [0.2, 0.25) is 0 Å². The van der Waals surface area contributed by atoms with Crippen LogP contribution in [0.3, 0.4) is 0 Å². The highest BCUT2D eigenvalue weighted by atomic mass is 16.1. The van der Waals surface area contributed by atoms with E-state index in [1.807, 2.05) is 31.2 Å². The quantitative estimate of drug-likeness (QED) is 0.804. The van der Waals surface area contributed by atoms with Crippen LogP contribution in [-0.2, 0) is 0 Å². The molecule has 82 valence electrons. The van der Waals surface area contributed by atoms with Gasteiger partial charge < -0.3 is 5.32 Å². The number of aryl methyl sites for hydroxylation is 1. The summed E-state index contributed by atoms with van der Waals surface area (Å²) in [5.74, 6) is 0.565. The molecule has 0 heterocycles. The minimum Gasteiger partial charge on any atom is -0.352 e. The van der Waals surface area contributed by atoms with Crippen LogP contribution in [0.1, 0.15) is 36.2 Å². The van der Waals surface area contributed by atoms with E-state index in [4.69, 9.17) is 0 Å². The lowest BCUT2D eigenvalue weighted by Crippen LogP contribution is -2.27. The first kappa shape index (κ1) is 11.8. The average molecular weight is 205 g/mol. The molecule has 0 aliphatic heterocycles. The zero-order valence-corrected chi connectivity index (χ0v) is 9.71. The molecule has 1 N–H and O–H groups in total. The molecule has 0 aliphatic rings. The van der Waals surface area contributed by atoms with Crippen molar-refractivity contribution in [3.8, 4) is 0 Å². The van der Waals surface area contributed by atoms with Crippen LogP contribution in [0, 0.1) is 12.8 Å². The monoisotopic (exact) mass is 205 g/mol. The van der Waals surface area contributed by atoms with Crippen LogP contribution in [-0.4, -0.2) is 12.5 Å². The van der Waals surface area contributed by atoms with Gasteiger partial charge in [-0.2, -0.15) is 0 Å². The molecule has 1 aromatic carbocycles. The number of rotatable bonds is 4. The van der Waals surface area contributed by atoms with Crippen molar-refractivity contribution in [2.24, 2.45) is 5.92 Å². The fourth-order valence-corrected chi connectivity index (χ4v) is 1.22. The van der Waals surface area contributed by atoms with Crippen molar-refractivity contribution >= 4 is 5.91 Å². The van der Waals surface area contributed by atoms with Crippen molar-refractivity contribution in [3.05, 3.63) is 35.4 Å². The Kier molecular flexibility index (Phi) is 4.35. The van der Waals surface area contributed by atoms with Crippen molar-refractivity contribution in [1.82, 2.24) is 5.32 Å². The summed E-state index contributed by atoms with van der Waals surface area (Å²) in [6.07, 6.45) is 1.09. The Morgan fingerprint density at radius 1 is 1.33 bits per heavy atom. The maximum atomic E-state index is 11.7. The summed E-state index contributed by atoms with van der Waals surface area (Å²) in [5, 5.41) is 2.93. The summed E-state index contributed by atoms with van der Waals surface area (Å²) in [6.45, 7) is 7.03. The average Bonchev–Trinajstić information content (AvgIpc) is 2.26. The molecule has 15 heavy (non-hydrogen) atoms. The topological polar surface area (TPSA) is 29.1 Å². The maximum Gasteiger partial charge on any atom is 0.251 e. The van der Waals surface area contributed by atoms with E-state index in [0.717, 1.165) is 18.5 Å². The van der Waals surface area contributed by atoms with Gasteiger partial charge in [-0.1, -0.05) is 38.0 Å². The summed E-state index contributed by atoms with van der Waals surface area (Å²) in [6, 6.07) is 7.64. The molecule has 2 heteroatoms. The molecule has 1 atom stereocenters. The van der Waals surface area contributed by atoms with Crippen molar-refractivity contribution in [2.75, 3.05) is 6.54 Å². The van der Waals surface area contributed by atoms with Gasteiger partial charge in [0.1, 0.15) is 0 Å². The Bertz CT molecular complexity index is 316. The maximum absolute atomic E-state index is 11.7. The van der Waals surface area contributed by atoms with Crippen molar-refractivity contribution in [3.63, 3.8) is 0 Å². The number of amides is 1. The third-order valence-corrected chi connectivity index (χ3v) is 2.62. The first-order chi connectivity index (χ1) is 7.13. The standard InChI is InChI=1S/C13H19NO/c1-4-10(2)9-14-13(15)12-7-5-11(3)6-8-12/h5-8,10H,4,9H2,1-3H3,(H,14,15). The molecule has 2 nitrogen and oxygen atoms in total. The van der Waals surface area contributed by atoms with E-state index in [-0.39, 0.29) is 5.91 Å². The Morgan fingerprint density at radius 3 is 2.47 bits per heavy atom. The number of carbonyl (C=O) groups excluding carboxylic acids is 1. The van der Waals surface area contributed by atoms with Gasteiger partial charge in [0.05, 0.1) is 0 Å². The van der Waals surface area contributed by atoms with E-state index in [0.29, 0.717) is 5.92 Å². The number of nitrogens with one attached hydrogen (secondary N) is 1. The summed E-state index contributed by atoms with van der Waals surface area (Å²) < 4.78 is 0. The summed E-state index contributed by atoms with van der Waals surface area (Å²) in [7, 11) is 0. The van der Waals surface area contributed by atoms with Crippen LogP contribution >= 0.6 is 0 Å². The van der Waals surface area contributed by atoms with Crippen LogP contribution in [0.4, 0.5) is 0 Å². The van der Waals surface area contributed by atoms with Crippen molar-refractivity contribution < 1.29 is 4.79 Å². The molecule has 0 saturated carbocycles. The molecule has 0 aromatic heterocycles. The van der Waals surface area contributed by atoms with Gasteiger partial charge in [0.15, 0.2) is 0 Å². The van der Waals surface area contributed by atoms with Gasteiger partial charge in [-0.15, -0.1) is 0 Å². The molecule has 1 unspecified atom stereocenters. The van der Waals surface area contributed by atoms with Gasteiger partial charge in [-0.05, 0) is 25.0 Å². The van der Waals surface area contributed by atoms with Gasteiger partial charge in [-0.25, -0.2) is 0 Å². The lowest BCUT2D eigenvalue weighted by molar-refractivity contribution is 0.0948. The fourth-order valence-electron chi connectivity index (χ4n) is 1.22. The van der Waals surface area contributed by atoms with Crippen LogP contribution in [0.15, 0.2) is 24.3 Å². The second kappa shape index (κ2) is 5.54. The third-order valence-electron chi connectivity index (χ3n) is 2.62. The number of hydrogen-bond donors (Lipinski definition) is 1. The molecular weight excluding hydrogens is 186 g/mol. The lowest BCUT2D eigenvalue weighted by Gasteiger charge is -2.10. The normalized spacial score (nSPS) is 12.2. The summed E-state index contributed by atoms with van der Waals surface area (Å²) >= 11 is 0. The van der Waals surface area contributed by atoms with E-state index >= 15 is 0 Å². The van der Waals surface area contributed by atoms with Gasteiger partial charge in [0.25, 0.3) is 5.91 Å². The first-order valence-corrected chi connectivity index (χ1v) is 5.48. The van der Waals surface area contributed by atoms with Crippen LogP contribution in [0.5, 0.6) is 0 Å². The zero-order valence-electron chi connectivity index (χ0n) is 9.71. The summed E-state index contributed by atoms with van der Waals surface area (Å²) in [5.41, 5.74) is 1.91. The predicted octanol–water partition coefficient (Wildman–Crippen LogP) is 2.77. The molecule has 0 fully saturated rings. The smallest absolute Gasteiger partial charge is 0.251 e. The number of benzene rings is 1. The van der Waals surface area contributed by atoms with E-state index < -0.39 is 0 Å². The molecule has 0 aliphatic carbocycles. The highest BCUT2D eigenvalue weighted by Crippen LogP contribution is 2.04. The molecule has 1 amide bonds. The zero-order chi connectivity index (χ0) is 11.3. The number of carbonyl (C=O) groups is 1. The minimum atomic E-state index is 0.0234. The highest BCUT2D eigenvalue weighted by molar-refractivity contribution is 5.94. The molecule has 0 bridgehead atoms. The van der Waals surface area contributed by atoms with E-state index in [2.05, 4.69) is 19.2 Å². The highest BCUT2D eigenvalue weighted by Gasteiger charge is 2.05. The second-order valence-corrected chi connectivity index (χ2v) is 4.09. The minimum absolute atomic E-state index is 0.0234. The SMILES string of the molecule is CCC(C)CNC(=O)c1ccc(C)cc1. The number of hydrogen-bond acceptors (Lipinski definition) is 1. The largest absolute Gasteiger partial charge is 0.352 e. The molecule has 1 aromatic rings. The predicted molar refractivity (Wildman–Crippen MR) is 63.0 cm³/mol. The first-order valence-electron chi connectivity index (χ1n) is 5.48.